The molecule has 1 saturated heterocycles. The van der Waals surface area contributed by atoms with Gasteiger partial charge in [-0.05, 0) is 31.2 Å². The zero-order valence-electron chi connectivity index (χ0n) is 17.4. The van der Waals surface area contributed by atoms with E-state index in [-0.39, 0.29) is 24.2 Å². The molecule has 0 aliphatic carbocycles. The van der Waals surface area contributed by atoms with Crippen molar-refractivity contribution in [1.82, 2.24) is 9.55 Å². The molecule has 1 unspecified atom stereocenters. The fraction of sp³-hybridized carbons (Fsp3) is 0.192. The van der Waals surface area contributed by atoms with Crippen LogP contribution < -0.4 is 4.90 Å². The van der Waals surface area contributed by atoms with Gasteiger partial charge in [-0.2, -0.15) is 0 Å². The summed E-state index contributed by atoms with van der Waals surface area (Å²) in [6.45, 7) is 2.80. The number of nitrogens with zero attached hydrogens (tertiary/aromatic N) is 3. The molecule has 1 atom stereocenters. The van der Waals surface area contributed by atoms with Gasteiger partial charge in [0.25, 0.3) is 0 Å². The number of rotatable bonds is 5. The molecule has 1 fully saturated rings. The number of ketones is 1. The Morgan fingerprint density at radius 2 is 1.68 bits per heavy atom. The van der Waals surface area contributed by atoms with E-state index in [0.29, 0.717) is 18.5 Å². The van der Waals surface area contributed by atoms with Gasteiger partial charge in [-0.3, -0.25) is 9.59 Å². The first-order valence-corrected chi connectivity index (χ1v) is 10.5. The molecule has 0 spiro atoms. The molecule has 1 aromatic heterocycles. The lowest BCUT2D eigenvalue weighted by molar-refractivity contribution is -0.117. The van der Waals surface area contributed by atoms with Crippen LogP contribution >= 0.6 is 0 Å². The van der Waals surface area contributed by atoms with E-state index in [1.807, 2.05) is 95.3 Å². The molecule has 5 nitrogen and oxygen atoms in total. The zero-order chi connectivity index (χ0) is 21.4. The van der Waals surface area contributed by atoms with Gasteiger partial charge in [-0.1, -0.05) is 60.2 Å². The molecule has 1 aliphatic rings. The fourth-order valence-electron chi connectivity index (χ4n) is 4.29. The van der Waals surface area contributed by atoms with Crippen molar-refractivity contribution in [3.63, 3.8) is 0 Å². The van der Waals surface area contributed by atoms with E-state index < -0.39 is 0 Å². The molecule has 5 heteroatoms. The second-order valence-electron chi connectivity index (χ2n) is 8.08. The molecule has 1 aliphatic heterocycles. The van der Waals surface area contributed by atoms with Crippen LogP contribution in [0.5, 0.6) is 0 Å². The van der Waals surface area contributed by atoms with E-state index in [2.05, 4.69) is 0 Å². The van der Waals surface area contributed by atoms with Gasteiger partial charge in [-0.25, -0.2) is 4.98 Å². The molecule has 4 aromatic rings. The molecule has 154 valence electrons. The van der Waals surface area contributed by atoms with Gasteiger partial charge in [0.2, 0.25) is 5.91 Å². The fourth-order valence-corrected chi connectivity index (χ4v) is 4.29. The molecule has 1 amide bonds. The van der Waals surface area contributed by atoms with Crippen molar-refractivity contribution in [1.29, 1.82) is 0 Å². The van der Waals surface area contributed by atoms with E-state index >= 15 is 0 Å². The smallest absolute Gasteiger partial charge is 0.227 e. The number of aromatic nitrogens is 2. The van der Waals surface area contributed by atoms with Gasteiger partial charge in [0, 0.05) is 30.1 Å². The third kappa shape index (κ3) is 3.63. The van der Waals surface area contributed by atoms with E-state index in [9.17, 15) is 9.59 Å². The van der Waals surface area contributed by atoms with Crippen molar-refractivity contribution in [3.8, 4) is 0 Å². The monoisotopic (exact) mass is 409 g/mol. The third-order valence-corrected chi connectivity index (χ3v) is 5.92. The third-order valence-electron chi connectivity index (χ3n) is 5.92. The maximum absolute atomic E-state index is 13.0. The first-order valence-electron chi connectivity index (χ1n) is 10.5. The van der Waals surface area contributed by atoms with Crippen molar-refractivity contribution < 1.29 is 9.59 Å². The van der Waals surface area contributed by atoms with E-state index in [1.165, 1.54) is 0 Å². The zero-order valence-corrected chi connectivity index (χ0v) is 17.4. The molecule has 0 saturated carbocycles. The topological polar surface area (TPSA) is 55.2 Å². The minimum absolute atomic E-state index is 0.0321. The van der Waals surface area contributed by atoms with Crippen molar-refractivity contribution in [2.24, 2.45) is 0 Å². The molecule has 0 bridgehead atoms. The summed E-state index contributed by atoms with van der Waals surface area (Å²) in [7, 11) is 0. The van der Waals surface area contributed by atoms with Crippen molar-refractivity contribution in [3.05, 3.63) is 95.8 Å². The first-order chi connectivity index (χ1) is 15.1. The largest absolute Gasteiger partial charge is 0.320 e. The van der Waals surface area contributed by atoms with Crippen molar-refractivity contribution >= 4 is 28.4 Å². The van der Waals surface area contributed by atoms with E-state index in [1.54, 1.807) is 0 Å². The van der Waals surface area contributed by atoms with Crippen LogP contribution in [-0.2, 0) is 11.3 Å². The molecule has 0 radical (unpaired) electrons. The SMILES string of the molecule is Cc1ccc(N2CC(c3nc4ccccc4n3CC(=O)c3ccccc3)CC2=O)cc1. The number of anilines is 1. The summed E-state index contributed by atoms with van der Waals surface area (Å²) in [6.07, 6.45) is 0.386. The number of hydrogen-bond donors (Lipinski definition) is 0. The molecular formula is C26H23N3O2. The Balaban J connectivity index is 1.50. The number of carbonyl (C=O) groups excluding carboxylic acids is 2. The van der Waals surface area contributed by atoms with Gasteiger partial charge in [0.1, 0.15) is 5.82 Å². The van der Waals surface area contributed by atoms with Gasteiger partial charge in [0.15, 0.2) is 5.78 Å². The number of hydrogen-bond acceptors (Lipinski definition) is 3. The highest BCUT2D eigenvalue weighted by Crippen LogP contribution is 2.33. The predicted octanol–water partition coefficient (Wildman–Crippen LogP) is 4.75. The average Bonchev–Trinajstić information content (AvgIpc) is 3.35. The van der Waals surface area contributed by atoms with Gasteiger partial charge < -0.3 is 9.47 Å². The van der Waals surface area contributed by atoms with Crippen LogP contribution in [0.1, 0.15) is 34.1 Å². The number of imidazole rings is 1. The summed E-state index contributed by atoms with van der Waals surface area (Å²) in [5, 5.41) is 0. The standard InChI is InChI=1S/C26H23N3O2/c1-18-11-13-21(14-12-18)28-16-20(15-25(28)31)26-27-22-9-5-6-10-23(22)29(26)17-24(30)19-7-3-2-4-8-19/h2-14,20H,15-17H2,1H3. The predicted molar refractivity (Wildman–Crippen MR) is 121 cm³/mol. The summed E-state index contributed by atoms with van der Waals surface area (Å²) < 4.78 is 1.99. The summed E-state index contributed by atoms with van der Waals surface area (Å²) in [5.74, 6) is 0.852. The summed E-state index contributed by atoms with van der Waals surface area (Å²) in [5.41, 5.74) is 4.51. The summed E-state index contributed by atoms with van der Waals surface area (Å²) >= 11 is 0. The minimum Gasteiger partial charge on any atom is -0.320 e. The number of aryl methyl sites for hydroxylation is 1. The average molecular weight is 409 g/mol. The van der Waals surface area contributed by atoms with Crippen LogP contribution in [-0.4, -0.2) is 27.8 Å². The lowest BCUT2D eigenvalue weighted by atomic mass is 10.1. The molecule has 5 rings (SSSR count). The Morgan fingerprint density at radius 1 is 0.968 bits per heavy atom. The highest BCUT2D eigenvalue weighted by atomic mass is 16.2. The highest BCUT2D eigenvalue weighted by molar-refractivity contribution is 5.98. The quantitative estimate of drug-likeness (QED) is 0.447. The van der Waals surface area contributed by atoms with Gasteiger partial charge >= 0.3 is 0 Å². The highest BCUT2D eigenvalue weighted by Gasteiger charge is 2.35. The summed E-state index contributed by atoms with van der Waals surface area (Å²) in [4.78, 5) is 32.5. The van der Waals surface area contributed by atoms with Crippen LogP contribution in [0.3, 0.4) is 0 Å². The Bertz CT molecular complexity index is 1260. The van der Waals surface area contributed by atoms with Crippen molar-refractivity contribution in [2.45, 2.75) is 25.8 Å². The van der Waals surface area contributed by atoms with Crippen LogP contribution in [0, 0.1) is 6.92 Å². The Kier molecular flexibility index (Phi) is 4.86. The lowest BCUT2D eigenvalue weighted by Gasteiger charge is -2.17. The van der Waals surface area contributed by atoms with Crippen molar-refractivity contribution in [2.75, 3.05) is 11.4 Å². The number of Topliss-reactive ketones (excluding diaryl/α,β-unsaturated/α-hetero) is 1. The molecular weight excluding hydrogens is 386 g/mol. The maximum atomic E-state index is 13.0. The second-order valence-corrected chi connectivity index (χ2v) is 8.08. The minimum atomic E-state index is -0.0650. The molecule has 3 aromatic carbocycles. The maximum Gasteiger partial charge on any atom is 0.227 e. The number of carbonyl (C=O) groups is 2. The normalized spacial score (nSPS) is 16.2. The molecule has 31 heavy (non-hydrogen) atoms. The van der Waals surface area contributed by atoms with Gasteiger partial charge in [-0.15, -0.1) is 0 Å². The Morgan fingerprint density at radius 3 is 2.45 bits per heavy atom. The van der Waals surface area contributed by atoms with Crippen LogP contribution in [0.4, 0.5) is 5.69 Å². The van der Waals surface area contributed by atoms with Crippen LogP contribution in [0.25, 0.3) is 11.0 Å². The van der Waals surface area contributed by atoms with Crippen LogP contribution in [0.15, 0.2) is 78.9 Å². The number of amides is 1. The molecule has 0 N–H and O–H groups in total. The van der Waals surface area contributed by atoms with Crippen LogP contribution in [0.2, 0.25) is 0 Å². The van der Waals surface area contributed by atoms with Gasteiger partial charge in [0.05, 0.1) is 17.6 Å². The van der Waals surface area contributed by atoms with E-state index in [0.717, 1.165) is 28.1 Å². The lowest BCUT2D eigenvalue weighted by Crippen LogP contribution is -2.24. The summed E-state index contributed by atoms with van der Waals surface area (Å²) in [6, 6.07) is 25.1. The first kappa shape index (κ1) is 19.2. The number of para-hydroxylation sites is 2. The second kappa shape index (κ2) is 7.84. The number of fused-ring (bicyclic) bond motifs is 1. The Labute approximate surface area is 180 Å². The van der Waals surface area contributed by atoms with E-state index in [4.69, 9.17) is 4.98 Å². The Hall–Kier alpha value is -3.73. The molecule has 2 heterocycles. The number of benzene rings is 3.